The van der Waals surface area contributed by atoms with Gasteiger partial charge in [0, 0.05) is 18.5 Å². The van der Waals surface area contributed by atoms with Crippen LogP contribution >= 0.6 is 0 Å². The SMILES string of the molecule is COc1nc(N2CCC(CN)CC2)cc2cn[nH]c(=O)c12. The molecule has 0 aliphatic carbocycles. The van der Waals surface area contributed by atoms with Crippen molar-refractivity contribution in [1.29, 1.82) is 0 Å². The van der Waals surface area contributed by atoms with Crippen molar-refractivity contribution in [2.24, 2.45) is 11.7 Å². The van der Waals surface area contributed by atoms with E-state index in [0.29, 0.717) is 17.2 Å². The Balaban J connectivity index is 1.99. The standard InChI is InChI=1S/C14H19N5O2/c1-21-14-12-10(8-16-18-13(12)20)6-11(17-14)19-4-2-9(7-15)3-5-19/h6,8-9H,2-5,7,15H2,1H3,(H,18,20). The number of methoxy groups -OCH3 is 1. The van der Waals surface area contributed by atoms with Gasteiger partial charge in [-0.1, -0.05) is 0 Å². The van der Waals surface area contributed by atoms with Crippen LogP contribution in [0.1, 0.15) is 12.8 Å². The number of ether oxygens (including phenoxy) is 1. The van der Waals surface area contributed by atoms with Crippen LogP contribution in [0.15, 0.2) is 17.1 Å². The number of hydrogen-bond donors (Lipinski definition) is 2. The van der Waals surface area contributed by atoms with Crippen LogP contribution in [0.2, 0.25) is 0 Å². The molecule has 0 radical (unpaired) electrons. The molecular formula is C14H19N5O2. The second-order valence-corrected chi connectivity index (χ2v) is 5.32. The topological polar surface area (TPSA) is 97.1 Å². The third kappa shape index (κ3) is 2.56. The maximum atomic E-state index is 11.9. The van der Waals surface area contributed by atoms with Crippen molar-refractivity contribution < 1.29 is 4.74 Å². The molecule has 7 heteroatoms. The lowest BCUT2D eigenvalue weighted by Gasteiger charge is -2.32. The molecule has 0 amide bonds. The molecule has 0 spiro atoms. The van der Waals surface area contributed by atoms with Crippen molar-refractivity contribution in [3.63, 3.8) is 0 Å². The monoisotopic (exact) mass is 289 g/mol. The van der Waals surface area contributed by atoms with E-state index in [1.54, 1.807) is 6.20 Å². The van der Waals surface area contributed by atoms with Gasteiger partial charge >= 0.3 is 0 Å². The average molecular weight is 289 g/mol. The first-order chi connectivity index (χ1) is 10.2. The molecule has 0 unspecified atom stereocenters. The summed E-state index contributed by atoms with van der Waals surface area (Å²) >= 11 is 0. The maximum absolute atomic E-state index is 11.9. The molecule has 1 fully saturated rings. The highest BCUT2D eigenvalue weighted by molar-refractivity contribution is 5.87. The first-order valence-electron chi connectivity index (χ1n) is 7.10. The summed E-state index contributed by atoms with van der Waals surface area (Å²) in [5, 5.41) is 7.43. The quantitative estimate of drug-likeness (QED) is 0.854. The van der Waals surface area contributed by atoms with Gasteiger partial charge in [-0.25, -0.2) is 5.10 Å². The molecule has 112 valence electrons. The lowest BCUT2D eigenvalue weighted by Crippen LogP contribution is -2.36. The number of piperidine rings is 1. The lowest BCUT2D eigenvalue weighted by molar-refractivity contribution is 0.396. The summed E-state index contributed by atoms with van der Waals surface area (Å²) in [6.45, 7) is 2.57. The molecule has 3 rings (SSSR count). The van der Waals surface area contributed by atoms with Gasteiger partial charge in [0.15, 0.2) is 0 Å². The van der Waals surface area contributed by atoms with Gasteiger partial charge in [-0.15, -0.1) is 0 Å². The molecular weight excluding hydrogens is 270 g/mol. The number of rotatable bonds is 3. The summed E-state index contributed by atoms with van der Waals surface area (Å²) in [6.07, 6.45) is 3.75. The summed E-state index contributed by atoms with van der Waals surface area (Å²) in [7, 11) is 1.52. The average Bonchev–Trinajstić information content (AvgIpc) is 2.54. The Morgan fingerprint density at radius 2 is 2.24 bits per heavy atom. The van der Waals surface area contributed by atoms with Gasteiger partial charge in [-0.2, -0.15) is 10.1 Å². The van der Waals surface area contributed by atoms with Gasteiger partial charge in [0.2, 0.25) is 5.88 Å². The number of pyridine rings is 1. The van der Waals surface area contributed by atoms with Crippen LogP contribution in [0.5, 0.6) is 5.88 Å². The van der Waals surface area contributed by atoms with Crippen LogP contribution in [0.25, 0.3) is 10.8 Å². The number of nitrogens with two attached hydrogens (primary N) is 1. The largest absolute Gasteiger partial charge is 0.480 e. The Hall–Kier alpha value is -2.15. The molecule has 1 saturated heterocycles. The van der Waals surface area contributed by atoms with Crippen LogP contribution in [0, 0.1) is 5.92 Å². The Morgan fingerprint density at radius 3 is 2.90 bits per heavy atom. The summed E-state index contributed by atoms with van der Waals surface area (Å²) in [5.41, 5.74) is 5.44. The number of nitrogens with zero attached hydrogens (tertiary/aromatic N) is 3. The number of fused-ring (bicyclic) bond motifs is 1. The van der Waals surface area contributed by atoms with Crippen molar-refractivity contribution in [3.05, 3.63) is 22.6 Å². The molecule has 1 aliphatic rings. The molecule has 2 aromatic rings. The Morgan fingerprint density at radius 1 is 1.48 bits per heavy atom. The number of nitrogens with one attached hydrogen (secondary N) is 1. The summed E-state index contributed by atoms with van der Waals surface area (Å²) in [6, 6.07) is 1.89. The second kappa shape index (κ2) is 5.69. The van der Waals surface area contributed by atoms with Crippen molar-refractivity contribution in [2.75, 3.05) is 31.6 Å². The van der Waals surface area contributed by atoms with Gasteiger partial charge in [0.05, 0.1) is 13.3 Å². The van der Waals surface area contributed by atoms with Gasteiger partial charge in [-0.05, 0) is 31.4 Å². The molecule has 7 nitrogen and oxygen atoms in total. The minimum Gasteiger partial charge on any atom is -0.480 e. The predicted octanol–water partition coefficient (Wildman–Crippen LogP) is 0.502. The molecule has 3 heterocycles. The Labute approximate surface area is 122 Å². The van der Waals surface area contributed by atoms with Crippen LogP contribution in [0.3, 0.4) is 0 Å². The normalized spacial score (nSPS) is 16.4. The van der Waals surface area contributed by atoms with Crippen LogP contribution in [0.4, 0.5) is 5.82 Å². The fourth-order valence-corrected chi connectivity index (χ4v) is 2.78. The van der Waals surface area contributed by atoms with Gasteiger partial charge in [0.1, 0.15) is 11.2 Å². The predicted molar refractivity (Wildman–Crippen MR) is 80.7 cm³/mol. The minimum atomic E-state index is -0.287. The number of hydrogen-bond acceptors (Lipinski definition) is 6. The first kappa shape index (κ1) is 13.8. The molecule has 0 saturated carbocycles. The highest BCUT2D eigenvalue weighted by atomic mass is 16.5. The molecule has 0 aromatic carbocycles. The summed E-state index contributed by atoms with van der Waals surface area (Å²) < 4.78 is 5.28. The van der Waals surface area contributed by atoms with Gasteiger partial charge in [0.25, 0.3) is 5.56 Å². The third-order valence-corrected chi connectivity index (χ3v) is 4.07. The lowest BCUT2D eigenvalue weighted by atomic mass is 9.97. The Kier molecular flexibility index (Phi) is 3.74. The second-order valence-electron chi connectivity index (χ2n) is 5.32. The molecule has 3 N–H and O–H groups in total. The molecule has 0 bridgehead atoms. The summed E-state index contributed by atoms with van der Waals surface area (Å²) in [4.78, 5) is 18.5. The van der Waals surface area contributed by atoms with Crippen molar-refractivity contribution in [2.45, 2.75) is 12.8 Å². The number of anilines is 1. The number of aromatic amines is 1. The smallest absolute Gasteiger partial charge is 0.277 e. The summed E-state index contributed by atoms with van der Waals surface area (Å²) in [5.74, 6) is 1.75. The molecule has 21 heavy (non-hydrogen) atoms. The van der Waals surface area contributed by atoms with Crippen molar-refractivity contribution in [1.82, 2.24) is 15.2 Å². The zero-order valence-electron chi connectivity index (χ0n) is 12.0. The van der Waals surface area contributed by atoms with E-state index in [1.165, 1.54) is 7.11 Å². The molecule has 2 aromatic heterocycles. The fraction of sp³-hybridized carbons (Fsp3) is 0.500. The zero-order valence-corrected chi connectivity index (χ0v) is 12.0. The highest BCUT2D eigenvalue weighted by Crippen LogP contribution is 2.27. The van der Waals surface area contributed by atoms with Crippen LogP contribution < -0.4 is 20.9 Å². The van der Waals surface area contributed by atoms with Crippen molar-refractivity contribution >= 4 is 16.6 Å². The minimum absolute atomic E-state index is 0.287. The van der Waals surface area contributed by atoms with E-state index >= 15 is 0 Å². The van der Waals surface area contributed by atoms with Gasteiger partial charge in [-0.3, -0.25) is 4.79 Å². The molecule has 1 aliphatic heterocycles. The number of H-pyrrole nitrogens is 1. The van der Waals surface area contributed by atoms with Gasteiger partial charge < -0.3 is 15.4 Å². The van der Waals surface area contributed by atoms with Crippen LogP contribution in [-0.2, 0) is 0 Å². The van der Waals surface area contributed by atoms with E-state index < -0.39 is 0 Å². The van der Waals surface area contributed by atoms with E-state index in [4.69, 9.17) is 10.5 Å². The maximum Gasteiger partial charge on any atom is 0.277 e. The fourth-order valence-electron chi connectivity index (χ4n) is 2.78. The van der Waals surface area contributed by atoms with E-state index in [2.05, 4.69) is 20.1 Å². The Bertz CT molecular complexity index is 691. The zero-order chi connectivity index (χ0) is 14.8. The van der Waals surface area contributed by atoms with Crippen molar-refractivity contribution in [3.8, 4) is 5.88 Å². The van der Waals surface area contributed by atoms with E-state index in [0.717, 1.165) is 43.7 Å². The molecule has 0 atom stereocenters. The highest BCUT2D eigenvalue weighted by Gasteiger charge is 2.21. The third-order valence-electron chi connectivity index (χ3n) is 4.07. The first-order valence-corrected chi connectivity index (χ1v) is 7.10. The van der Waals surface area contributed by atoms with E-state index in [-0.39, 0.29) is 5.56 Å². The number of aromatic nitrogens is 3. The van der Waals surface area contributed by atoms with E-state index in [1.807, 2.05) is 6.07 Å². The van der Waals surface area contributed by atoms with Crippen LogP contribution in [-0.4, -0.2) is 41.9 Å². The van der Waals surface area contributed by atoms with E-state index in [9.17, 15) is 4.79 Å².